The summed E-state index contributed by atoms with van der Waals surface area (Å²) >= 11 is 6.03. The topological polar surface area (TPSA) is 103 Å². The third kappa shape index (κ3) is 2.76. The quantitative estimate of drug-likeness (QED) is 0.475. The lowest BCUT2D eigenvalue weighted by Crippen LogP contribution is -2.34. The van der Waals surface area contributed by atoms with Crippen molar-refractivity contribution < 1.29 is 14.5 Å². The molecule has 24 heavy (non-hydrogen) atoms. The van der Waals surface area contributed by atoms with Crippen molar-refractivity contribution in [3.63, 3.8) is 0 Å². The minimum atomic E-state index is -0.549. The Morgan fingerprint density at radius 1 is 1.08 bits per heavy atom. The zero-order valence-corrected chi connectivity index (χ0v) is 13.2. The molecule has 8 nitrogen and oxygen atoms in total. The average Bonchev–Trinajstić information content (AvgIpc) is 2.85. The number of hydrogen-bond acceptors (Lipinski definition) is 5. The van der Waals surface area contributed by atoms with Gasteiger partial charge < -0.3 is 4.57 Å². The van der Waals surface area contributed by atoms with Crippen LogP contribution in [0.2, 0.25) is 5.02 Å². The molecule has 0 bridgehead atoms. The van der Waals surface area contributed by atoms with Crippen LogP contribution < -0.4 is 5.56 Å². The number of nitro groups is 1. The molecule has 9 heteroatoms. The first-order chi connectivity index (χ1) is 11.4. The first-order valence-electron chi connectivity index (χ1n) is 7.19. The van der Waals surface area contributed by atoms with Gasteiger partial charge in [0.25, 0.3) is 11.2 Å². The summed E-state index contributed by atoms with van der Waals surface area (Å²) in [6.07, 6.45) is 0.364. The van der Waals surface area contributed by atoms with Crippen LogP contribution in [-0.2, 0) is 16.1 Å². The molecule has 1 aliphatic heterocycles. The van der Waals surface area contributed by atoms with Crippen molar-refractivity contribution >= 4 is 40.0 Å². The van der Waals surface area contributed by atoms with Gasteiger partial charge in [0.1, 0.15) is 0 Å². The Morgan fingerprint density at radius 3 is 2.38 bits per heavy atom. The van der Waals surface area contributed by atoms with E-state index in [1.54, 1.807) is 0 Å². The number of imide groups is 1. The number of halogens is 1. The van der Waals surface area contributed by atoms with E-state index in [1.807, 2.05) is 0 Å². The number of carbonyl (C=O) groups is 2. The van der Waals surface area contributed by atoms with Gasteiger partial charge >= 0.3 is 0 Å². The summed E-state index contributed by atoms with van der Waals surface area (Å²) in [5.74, 6) is -0.524. The van der Waals surface area contributed by atoms with Gasteiger partial charge in [0.2, 0.25) is 11.8 Å². The van der Waals surface area contributed by atoms with E-state index >= 15 is 0 Å². The Balaban J connectivity index is 2.01. The van der Waals surface area contributed by atoms with Crippen LogP contribution in [0.5, 0.6) is 0 Å². The van der Waals surface area contributed by atoms with Crippen molar-refractivity contribution in [3.8, 4) is 0 Å². The van der Waals surface area contributed by atoms with Crippen molar-refractivity contribution in [2.45, 2.75) is 19.4 Å². The minimum Gasteiger partial charge on any atom is -0.306 e. The fraction of sp³-hybridized carbons (Fsp3) is 0.267. The predicted molar refractivity (Wildman–Crippen MR) is 85.8 cm³/mol. The third-order valence-corrected chi connectivity index (χ3v) is 4.27. The average molecular weight is 350 g/mol. The molecule has 1 fully saturated rings. The predicted octanol–water partition coefficient (Wildman–Crippen LogP) is 1.71. The highest BCUT2D eigenvalue weighted by molar-refractivity contribution is 6.35. The smallest absolute Gasteiger partial charge is 0.270 e. The van der Waals surface area contributed by atoms with Crippen molar-refractivity contribution in [2.24, 2.45) is 0 Å². The maximum absolute atomic E-state index is 12.2. The van der Waals surface area contributed by atoms with Gasteiger partial charge in [-0.05, 0) is 6.07 Å². The molecule has 0 unspecified atom stereocenters. The summed E-state index contributed by atoms with van der Waals surface area (Å²) in [7, 11) is 0. The number of hydrogen-bond donors (Lipinski definition) is 0. The van der Waals surface area contributed by atoms with Crippen LogP contribution in [0, 0.1) is 10.1 Å². The standard InChI is InChI=1S/C15H12ClN3O5/c16-11-8-15(22)17(5-6-18-13(20)3-4-14(18)21)12-2-1-9(19(23)24)7-10(11)12/h1-2,7-8H,3-6H2. The Kier molecular flexibility index (Phi) is 4.06. The minimum absolute atomic E-state index is 0.0747. The molecule has 2 heterocycles. The van der Waals surface area contributed by atoms with Crippen molar-refractivity contribution in [1.29, 1.82) is 0 Å². The number of likely N-dealkylation sites (tertiary alicyclic amines) is 1. The number of fused-ring (bicyclic) bond motifs is 1. The van der Waals surface area contributed by atoms with E-state index in [9.17, 15) is 24.5 Å². The largest absolute Gasteiger partial charge is 0.306 e. The summed E-state index contributed by atoms with van der Waals surface area (Å²) in [6, 6.07) is 5.18. The first kappa shape index (κ1) is 16.1. The SMILES string of the molecule is O=C1CCC(=O)N1CCn1c(=O)cc(Cl)c2cc([N+](=O)[O-])ccc21. The number of amides is 2. The number of carbonyl (C=O) groups excluding carboxylic acids is 2. The van der Waals surface area contributed by atoms with E-state index in [2.05, 4.69) is 0 Å². The van der Waals surface area contributed by atoms with Gasteiger partial charge in [0.15, 0.2) is 0 Å². The summed E-state index contributed by atoms with van der Waals surface area (Å²) in [5, 5.41) is 11.4. The number of rotatable bonds is 4. The van der Waals surface area contributed by atoms with Crippen molar-refractivity contribution in [3.05, 3.63) is 49.8 Å². The summed E-state index contributed by atoms with van der Waals surface area (Å²) in [5.41, 5.74) is -0.128. The monoisotopic (exact) mass is 349 g/mol. The fourth-order valence-corrected chi connectivity index (χ4v) is 2.99. The maximum atomic E-state index is 12.2. The maximum Gasteiger partial charge on any atom is 0.270 e. The van der Waals surface area contributed by atoms with E-state index in [-0.39, 0.29) is 48.5 Å². The summed E-state index contributed by atoms with van der Waals surface area (Å²) in [4.78, 5) is 47.0. The molecule has 2 aromatic rings. The van der Waals surface area contributed by atoms with Crippen molar-refractivity contribution in [1.82, 2.24) is 9.47 Å². The normalized spacial score (nSPS) is 14.6. The molecule has 124 valence electrons. The molecule has 0 N–H and O–H groups in total. The molecule has 2 amide bonds. The molecule has 1 aromatic heterocycles. The molecule has 0 atom stereocenters. The van der Waals surface area contributed by atoms with E-state index in [4.69, 9.17) is 11.6 Å². The summed E-state index contributed by atoms with van der Waals surface area (Å²) < 4.78 is 1.35. The molecule has 0 saturated carbocycles. The van der Waals surface area contributed by atoms with E-state index < -0.39 is 10.5 Å². The lowest BCUT2D eigenvalue weighted by atomic mass is 10.2. The lowest BCUT2D eigenvalue weighted by Gasteiger charge is -2.16. The van der Waals surface area contributed by atoms with E-state index in [0.29, 0.717) is 10.9 Å². The van der Waals surface area contributed by atoms with Gasteiger partial charge in [-0.3, -0.25) is 29.4 Å². The highest BCUT2D eigenvalue weighted by Gasteiger charge is 2.28. The molecule has 1 aromatic carbocycles. The highest BCUT2D eigenvalue weighted by atomic mass is 35.5. The van der Waals surface area contributed by atoms with Crippen LogP contribution in [0.15, 0.2) is 29.1 Å². The van der Waals surface area contributed by atoms with Crippen molar-refractivity contribution in [2.75, 3.05) is 6.54 Å². The van der Waals surface area contributed by atoms with Gasteiger partial charge in [-0.1, -0.05) is 11.6 Å². The number of pyridine rings is 1. The van der Waals surface area contributed by atoms with Gasteiger partial charge in [0, 0.05) is 49.5 Å². The van der Waals surface area contributed by atoms with Crippen LogP contribution in [0.3, 0.4) is 0 Å². The second kappa shape index (κ2) is 6.04. The third-order valence-electron chi connectivity index (χ3n) is 3.96. The lowest BCUT2D eigenvalue weighted by molar-refractivity contribution is -0.384. The van der Waals surface area contributed by atoms with Crippen LogP contribution >= 0.6 is 11.6 Å². The van der Waals surface area contributed by atoms with Crippen LogP contribution in [0.1, 0.15) is 12.8 Å². The molecule has 0 radical (unpaired) electrons. The first-order valence-corrected chi connectivity index (χ1v) is 7.57. The number of aromatic nitrogens is 1. The van der Waals surface area contributed by atoms with Crippen LogP contribution in [-0.4, -0.2) is 32.7 Å². The van der Waals surface area contributed by atoms with Crippen LogP contribution in [0.25, 0.3) is 10.9 Å². The zero-order valence-electron chi connectivity index (χ0n) is 12.4. The van der Waals surface area contributed by atoms with Gasteiger partial charge in [-0.2, -0.15) is 0 Å². The van der Waals surface area contributed by atoms with E-state index in [0.717, 1.165) is 4.90 Å². The van der Waals surface area contributed by atoms with E-state index in [1.165, 1.54) is 28.8 Å². The van der Waals surface area contributed by atoms with Gasteiger partial charge in [-0.15, -0.1) is 0 Å². The molecule has 0 aliphatic carbocycles. The molecular weight excluding hydrogens is 338 g/mol. The fourth-order valence-electron chi connectivity index (χ4n) is 2.75. The molecule has 0 spiro atoms. The second-order valence-corrected chi connectivity index (χ2v) is 5.79. The molecule has 1 aliphatic rings. The molecule has 1 saturated heterocycles. The number of nitro benzene ring substituents is 1. The highest BCUT2D eigenvalue weighted by Crippen LogP contribution is 2.26. The summed E-state index contributed by atoms with van der Waals surface area (Å²) in [6.45, 7) is 0.174. The molecular formula is C15H12ClN3O5. The van der Waals surface area contributed by atoms with Crippen LogP contribution in [0.4, 0.5) is 5.69 Å². The Morgan fingerprint density at radius 2 is 1.75 bits per heavy atom. The Bertz CT molecular complexity index is 921. The number of non-ortho nitro benzene ring substituents is 1. The number of benzene rings is 1. The number of nitrogens with zero attached hydrogens (tertiary/aromatic N) is 3. The zero-order chi connectivity index (χ0) is 17.4. The molecule has 3 rings (SSSR count). The van der Waals surface area contributed by atoms with Gasteiger partial charge in [0.05, 0.1) is 15.5 Å². The second-order valence-electron chi connectivity index (χ2n) is 5.38. The Hall–Kier alpha value is -2.74. The Labute approximate surface area is 140 Å². The van der Waals surface area contributed by atoms with Gasteiger partial charge in [-0.25, -0.2) is 0 Å².